The molecule has 0 atom stereocenters. The Kier molecular flexibility index (Phi) is 6.39. The summed E-state index contributed by atoms with van der Waals surface area (Å²) >= 11 is 0. The molecule has 1 aliphatic rings. The van der Waals surface area contributed by atoms with Crippen molar-refractivity contribution < 1.29 is 23.8 Å². The van der Waals surface area contributed by atoms with E-state index in [2.05, 4.69) is 4.98 Å². The zero-order valence-corrected chi connectivity index (χ0v) is 17.5. The number of carbonyl (C=O) groups is 2. The van der Waals surface area contributed by atoms with Crippen LogP contribution in [-0.2, 0) is 17.7 Å². The van der Waals surface area contributed by atoms with Crippen LogP contribution in [-0.4, -0.2) is 59.7 Å². The summed E-state index contributed by atoms with van der Waals surface area (Å²) in [6, 6.07) is 4.61. The molecule has 160 valence electrons. The molecule has 1 amide bonds. The molecular weight excluding hydrogens is 390 g/mol. The maximum absolute atomic E-state index is 13.1. The van der Waals surface area contributed by atoms with Crippen LogP contribution >= 0.6 is 0 Å². The van der Waals surface area contributed by atoms with E-state index in [9.17, 15) is 14.4 Å². The Morgan fingerprint density at radius 3 is 2.60 bits per heavy atom. The van der Waals surface area contributed by atoms with Gasteiger partial charge in [0.15, 0.2) is 0 Å². The standard InChI is InChI=1S/C21H25N3O6/c1-13(2)30-16-12-17(25)24-11-10-23(9-7-15(24)18(16)21(27)29-4)20(26)14-6-5-8-22-19(14)28-3/h5-6,8,12-13H,7,9-11H2,1-4H3. The molecule has 0 aromatic carbocycles. The summed E-state index contributed by atoms with van der Waals surface area (Å²) in [7, 11) is 2.74. The number of hydrogen-bond donors (Lipinski definition) is 0. The quantitative estimate of drug-likeness (QED) is 0.683. The summed E-state index contributed by atoms with van der Waals surface area (Å²) < 4.78 is 17.4. The zero-order valence-electron chi connectivity index (χ0n) is 17.5. The lowest BCUT2D eigenvalue weighted by Gasteiger charge is -2.20. The van der Waals surface area contributed by atoms with Gasteiger partial charge in [-0.15, -0.1) is 0 Å². The molecule has 30 heavy (non-hydrogen) atoms. The highest BCUT2D eigenvalue weighted by Gasteiger charge is 2.28. The lowest BCUT2D eigenvalue weighted by Crippen LogP contribution is -2.34. The predicted molar refractivity (Wildman–Crippen MR) is 108 cm³/mol. The molecule has 1 aliphatic heterocycles. The van der Waals surface area contributed by atoms with Gasteiger partial charge in [-0.2, -0.15) is 0 Å². The third kappa shape index (κ3) is 4.14. The molecular formula is C21H25N3O6. The van der Waals surface area contributed by atoms with Gasteiger partial charge in [0.25, 0.3) is 11.5 Å². The molecule has 0 saturated carbocycles. The number of esters is 1. The van der Waals surface area contributed by atoms with Crippen LogP contribution in [0, 0.1) is 0 Å². The second-order valence-corrected chi connectivity index (χ2v) is 7.08. The summed E-state index contributed by atoms with van der Waals surface area (Å²) in [5, 5.41) is 0. The molecule has 9 nitrogen and oxygen atoms in total. The minimum absolute atomic E-state index is 0.196. The van der Waals surface area contributed by atoms with E-state index in [-0.39, 0.29) is 41.3 Å². The number of methoxy groups -OCH3 is 2. The minimum atomic E-state index is -0.580. The minimum Gasteiger partial charge on any atom is -0.490 e. The molecule has 0 fully saturated rings. The van der Waals surface area contributed by atoms with Crippen molar-refractivity contribution in [3.8, 4) is 11.6 Å². The predicted octanol–water partition coefficient (Wildman–Crippen LogP) is 1.52. The Morgan fingerprint density at radius 2 is 1.93 bits per heavy atom. The molecule has 2 aromatic rings. The smallest absolute Gasteiger partial charge is 0.343 e. The van der Waals surface area contributed by atoms with E-state index in [0.29, 0.717) is 30.8 Å². The molecule has 0 N–H and O–H groups in total. The second kappa shape index (κ2) is 8.98. The number of amides is 1. The summed E-state index contributed by atoms with van der Waals surface area (Å²) in [4.78, 5) is 44.0. The number of hydrogen-bond acceptors (Lipinski definition) is 7. The molecule has 0 radical (unpaired) electrons. The molecule has 9 heteroatoms. The number of fused-ring (bicyclic) bond motifs is 1. The van der Waals surface area contributed by atoms with Crippen molar-refractivity contribution in [2.75, 3.05) is 27.3 Å². The van der Waals surface area contributed by atoms with E-state index < -0.39 is 5.97 Å². The summed E-state index contributed by atoms with van der Waals surface area (Å²) in [5.41, 5.74) is 0.773. The monoisotopic (exact) mass is 415 g/mol. The summed E-state index contributed by atoms with van der Waals surface area (Å²) in [6.45, 7) is 4.48. The maximum atomic E-state index is 13.1. The number of ether oxygens (including phenoxy) is 3. The zero-order chi connectivity index (χ0) is 21.8. The first-order valence-electron chi connectivity index (χ1n) is 9.67. The molecule has 0 unspecified atom stereocenters. The van der Waals surface area contributed by atoms with E-state index in [1.54, 1.807) is 23.2 Å². The third-order valence-corrected chi connectivity index (χ3v) is 4.83. The first kappa shape index (κ1) is 21.4. The normalized spacial score (nSPS) is 13.4. The fraction of sp³-hybridized carbons (Fsp3) is 0.429. The van der Waals surface area contributed by atoms with Crippen LogP contribution in [0.25, 0.3) is 0 Å². The van der Waals surface area contributed by atoms with Gasteiger partial charge in [-0.3, -0.25) is 9.59 Å². The van der Waals surface area contributed by atoms with Crippen LogP contribution in [0.2, 0.25) is 0 Å². The van der Waals surface area contributed by atoms with Gasteiger partial charge in [0.05, 0.1) is 20.3 Å². The van der Waals surface area contributed by atoms with Gasteiger partial charge >= 0.3 is 5.97 Å². The SMILES string of the molecule is COC(=O)c1c(OC(C)C)cc(=O)n2c1CCN(C(=O)c1cccnc1OC)CC2. The molecule has 0 aliphatic carbocycles. The van der Waals surface area contributed by atoms with E-state index in [4.69, 9.17) is 14.2 Å². The highest BCUT2D eigenvalue weighted by molar-refractivity contribution is 5.96. The van der Waals surface area contributed by atoms with Gasteiger partial charge in [0.2, 0.25) is 5.88 Å². The van der Waals surface area contributed by atoms with Gasteiger partial charge < -0.3 is 23.7 Å². The number of nitrogens with zero attached hydrogens (tertiary/aromatic N) is 3. The molecule has 0 bridgehead atoms. The molecule has 2 aromatic heterocycles. The van der Waals surface area contributed by atoms with Crippen molar-refractivity contribution in [3.05, 3.63) is 51.6 Å². The Balaban J connectivity index is 1.98. The van der Waals surface area contributed by atoms with Crippen LogP contribution in [0.1, 0.15) is 40.3 Å². The highest BCUT2D eigenvalue weighted by atomic mass is 16.5. The van der Waals surface area contributed by atoms with E-state index in [0.717, 1.165) is 0 Å². The van der Waals surface area contributed by atoms with E-state index in [1.165, 1.54) is 24.9 Å². The number of pyridine rings is 2. The van der Waals surface area contributed by atoms with Crippen molar-refractivity contribution >= 4 is 11.9 Å². The first-order chi connectivity index (χ1) is 14.4. The molecule has 0 saturated heterocycles. The van der Waals surface area contributed by atoms with Gasteiger partial charge in [0, 0.05) is 44.0 Å². The lowest BCUT2D eigenvalue weighted by atomic mass is 10.1. The Labute approximate surface area is 174 Å². The van der Waals surface area contributed by atoms with Gasteiger partial charge in [-0.25, -0.2) is 9.78 Å². The summed E-state index contributed by atoms with van der Waals surface area (Å²) in [6.07, 6.45) is 1.62. The van der Waals surface area contributed by atoms with Crippen molar-refractivity contribution in [1.82, 2.24) is 14.5 Å². The van der Waals surface area contributed by atoms with Crippen LogP contribution < -0.4 is 15.0 Å². The van der Waals surface area contributed by atoms with Crippen molar-refractivity contribution in [2.24, 2.45) is 0 Å². The summed E-state index contributed by atoms with van der Waals surface area (Å²) in [5.74, 6) is -0.395. The number of carbonyl (C=O) groups excluding carboxylic acids is 2. The van der Waals surface area contributed by atoms with Crippen LogP contribution in [0.4, 0.5) is 0 Å². The number of aromatic nitrogens is 2. The first-order valence-corrected chi connectivity index (χ1v) is 9.67. The number of rotatable bonds is 5. The molecule has 3 rings (SSSR count). The third-order valence-electron chi connectivity index (χ3n) is 4.83. The maximum Gasteiger partial charge on any atom is 0.343 e. The average molecular weight is 415 g/mol. The van der Waals surface area contributed by atoms with Crippen molar-refractivity contribution in [2.45, 2.75) is 32.9 Å². The highest BCUT2D eigenvalue weighted by Crippen LogP contribution is 2.26. The Hall–Kier alpha value is -3.36. The topological polar surface area (TPSA) is 100.0 Å². The van der Waals surface area contributed by atoms with E-state index >= 15 is 0 Å². The molecule has 3 heterocycles. The van der Waals surface area contributed by atoms with Crippen LogP contribution in [0.3, 0.4) is 0 Å². The Bertz CT molecular complexity index is 1010. The van der Waals surface area contributed by atoms with E-state index in [1.807, 2.05) is 13.8 Å². The van der Waals surface area contributed by atoms with Gasteiger partial charge in [-0.05, 0) is 26.0 Å². The lowest BCUT2D eigenvalue weighted by molar-refractivity contribution is 0.0591. The molecule has 0 spiro atoms. The van der Waals surface area contributed by atoms with Crippen molar-refractivity contribution in [3.63, 3.8) is 0 Å². The van der Waals surface area contributed by atoms with Gasteiger partial charge in [-0.1, -0.05) is 0 Å². The fourth-order valence-corrected chi connectivity index (χ4v) is 3.51. The van der Waals surface area contributed by atoms with Crippen molar-refractivity contribution in [1.29, 1.82) is 0 Å². The van der Waals surface area contributed by atoms with Gasteiger partial charge in [0.1, 0.15) is 16.9 Å². The second-order valence-electron chi connectivity index (χ2n) is 7.08. The van der Waals surface area contributed by atoms with Crippen LogP contribution in [0.15, 0.2) is 29.2 Å². The fourth-order valence-electron chi connectivity index (χ4n) is 3.51. The van der Waals surface area contributed by atoms with Crippen LogP contribution in [0.5, 0.6) is 11.6 Å². The average Bonchev–Trinajstić information content (AvgIpc) is 2.96. The largest absolute Gasteiger partial charge is 0.490 e. The Morgan fingerprint density at radius 1 is 1.17 bits per heavy atom.